The maximum Gasteiger partial charge on any atom is 0.260 e. The molecule has 7 nitrogen and oxygen atoms in total. The van der Waals surface area contributed by atoms with Crippen molar-refractivity contribution < 1.29 is 23.9 Å². The predicted octanol–water partition coefficient (Wildman–Crippen LogP) is 2.33. The fourth-order valence-corrected chi connectivity index (χ4v) is 2.95. The first kappa shape index (κ1) is 19.4. The molecule has 0 radical (unpaired) electrons. The summed E-state index contributed by atoms with van der Waals surface area (Å²) in [5.41, 5.74) is 6.61. The molecule has 146 valence electrons. The number of primary amides is 1. The molecule has 0 fully saturated rings. The van der Waals surface area contributed by atoms with E-state index < -0.39 is 12.0 Å². The number of anilines is 1. The van der Waals surface area contributed by atoms with Crippen LogP contribution in [0.15, 0.2) is 48.5 Å². The lowest BCUT2D eigenvalue weighted by atomic mass is 10.1. The number of fused-ring (bicyclic) bond motifs is 1. The topological polar surface area (TPSA) is 98.9 Å². The van der Waals surface area contributed by atoms with E-state index >= 15 is 0 Å². The SMILES string of the molecule is CC(=O)c1ccc(OCCCC(=O)N2CC(C(N)=O)Oc3ccccc32)cc1. The van der Waals surface area contributed by atoms with Gasteiger partial charge in [-0.15, -0.1) is 0 Å². The molecule has 1 unspecified atom stereocenters. The highest BCUT2D eigenvalue weighted by Gasteiger charge is 2.32. The number of Topliss-reactive ketones (excluding diaryl/α,β-unsaturated/α-hetero) is 1. The summed E-state index contributed by atoms with van der Waals surface area (Å²) < 4.78 is 11.2. The number of rotatable bonds is 7. The van der Waals surface area contributed by atoms with Crippen LogP contribution in [0.5, 0.6) is 11.5 Å². The Hall–Kier alpha value is -3.35. The zero-order valence-corrected chi connectivity index (χ0v) is 15.6. The van der Waals surface area contributed by atoms with Gasteiger partial charge in [0, 0.05) is 12.0 Å². The smallest absolute Gasteiger partial charge is 0.260 e. The number of hydrogen-bond donors (Lipinski definition) is 1. The lowest BCUT2D eigenvalue weighted by Gasteiger charge is -2.33. The fourth-order valence-electron chi connectivity index (χ4n) is 2.95. The van der Waals surface area contributed by atoms with Crippen LogP contribution in [-0.4, -0.2) is 36.9 Å². The van der Waals surface area contributed by atoms with E-state index in [1.54, 1.807) is 48.5 Å². The van der Waals surface area contributed by atoms with Crippen molar-refractivity contribution in [3.8, 4) is 11.5 Å². The molecule has 2 N–H and O–H groups in total. The number of carbonyl (C=O) groups excluding carboxylic acids is 3. The molecule has 1 aliphatic heterocycles. The average Bonchev–Trinajstić information content (AvgIpc) is 2.70. The van der Waals surface area contributed by atoms with Gasteiger partial charge in [-0.2, -0.15) is 0 Å². The number of nitrogens with zero attached hydrogens (tertiary/aromatic N) is 1. The summed E-state index contributed by atoms with van der Waals surface area (Å²) in [6, 6.07) is 13.9. The highest BCUT2D eigenvalue weighted by Crippen LogP contribution is 2.33. The van der Waals surface area contributed by atoms with Crippen LogP contribution < -0.4 is 20.1 Å². The third kappa shape index (κ3) is 4.49. The lowest BCUT2D eigenvalue weighted by molar-refractivity contribution is -0.125. The minimum Gasteiger partial charge on any atom is -0.494 e. The summed E-state index contributed by atoms with van der Waals surface area (Å²) in [6.07, 6.45) is -0.103. The Balaban J connectivity index is 1.55. The summed E-state index contributed by atoms with van der Waals surface area (Å²) in [5, 5.41) is 0. The van der Waals surface area contributed by atoms with E-state index in [1.807, 2.05) is 0 Å². The summed E-state index contributed by atoms with van der Waals surface area (Å²) in [5.74, 6) is 0.370. The van der Waals surface area contributed by atoms with E-state index in [1.165, 1.54) is 11.8 Å². The first-order chi connectivity index (χ1) is 13.5. The second-order valence-corrected chi connectivity index (χ2v) is 6.51. The summed E-state index contributed by atoms with van der Waals surface area (Å²) in [6.45, 7) is 1.96. The zero-order valence-electron chi connectivity index (χ0n) is 15.6. The number of para-hydroxylation sites is 2. The molecule has 0 aliphatic carbocycles. The molecule has 3 rings (SSSR count). The molecule has 28 heavy (non-hydrogen) atoms. The monoisotopic (exact) mass is 382 g/mol. The van der Waals surface area contributed by atoms with Gasteiger partial charge in [0.15, 0.2) is 11.9 Å². The zero-order chi connectivity index (χ0) is 20.1. The fraction of sp³-hybridized carbons (Fsp3) is 0.286. The number of nitrogens with two attached hydrogens (primary N) is 1. The van der Waals surface area contributed by atoms with Crippen molar-refractivity contribution in [3.05, 3.63) is 54.1 Å². The Morgan fingerprint density at radius 1 is 1.14 bits per heavy atom. The Labute approximate surface area is 163 Å². The highest BCUT2D eigenvalue weighted by molar-refractivity contribution is 5.97. The Morgan fingerprint density at radius 2 is 1.86 bits per heavy atom. The van der Waals surface area contributed by atoms with Gasteiger partial charge in [0.1, 0.15) is 11.5 Å². The van der Waals surface area contributed by atoms with Gasteiger partial charge in [-0.3, -0.25) is 14.4 Å². The van der Waals surface area contributed by atoms with Crippen LogP contribution in [0.1, 0.15) is 30.1 Å². The first-order valence-corrected chi connectivity index (χ1v) is 9.05. The van der Waals surface area contributed by atoms with Gasteiger partial charge in [-0.25, -0.2) is 0 Å². The molecule has 1 heterocycles. The van der Waals surface area contributed by atoms with E-state index in [-0.39, 0.29) is 24.7 Å². The average molecular weight is 382 g/mol. The molecule has 1 atom stereocenters. The van der Waals surface area contributed by atoms with Crippen LogP contribution >= 0.6 is 0 Å². The molecule has 2 aromatic rings. The molecule has 1 aliphatic rings. The Bertz CT molecular complexity index is 879. The first-order valence-electron chi connectivity index (χ1n) is 9.05. The highest BCUT2D eigenvalue weighted by atomic mass is 16.5. The summed E-state index contributed by atoms with van der Waals surface area (Å²) >= 11 is 0. The van der Waals surface area contributed by atoms with Crippen LogP contribution in [-0.2, 0) is 9.59 Å². The standard InChI is InChI=1S/C21H22N2O5/c1-14(24)15-8-10-16(11-9-15)27-12-4-7-20(25)23-13-19(21(22)26)28-18-6-3-2-5-17(18)23/h2-3,5-6,8-11,19H,4,7,12-13H2,1H3,(H2,22,26). The third-order valence-electron chi connectivity index (χ3n) is 4.46. The van der Waals surface area contributed by atoms with Gasteiger partial charge >= 0.3 is 0 Å². The van der Waals surface area contributed by atoms with Gasteiger partial charge in [-0.1, -0.05) is 12.1 Å². The van der Waals surface area contributed by atoms with Gasteiger partial charge in [0.05, 0.1) is 18.8 Å². The predicted molar refractivity (Wildman–Crippen MR) is 104 cm³/mol. The van der Waals surface area contributed by atoms with Gasteiger partial charge in [0.2, 0.25) is 5.91 Å². The molecule has 0 aromatic heterocycles. The Morgan fingerprint density at radius 3 is 2.54 bits per heavy atom. The maximum atomic E-state index is 12.7. The van der Waals surface area contributed by atoms with Crippen LogP contribution in [0.4, 0.5) is 5.69 Å². The normalized spacial score (nSPS) is 15.3. The van der Waals surface area contributed by atoms with E-state index in [0.717, 1.165) is 0 Å². The van der Waals surface area contributed by atoms with Gasteiger partial charge in [-0.05, 0) is 49.7 Å². The molecule has 0 spiro atoms. The number of carbonyl (C=O) groups is 3. The van der Waals surface area contributed by atoms with Gasteiger partial charge < -0.3 is 20.1 Å². The molecular weight excluding hydrogens is 360 g/mol. The van der Waals surface area contributed by atoms with E-state index in [9.17, 15) is 14.4 Å². The van der Waals surface area contributed by atoms with Crippen molar-refractivity contribution in [2.75, 3.05) is 18.1 Å². The molecular formula is C21H22N2O5. The van der Waals surface area contributed by atoms with E-state index in [0.29, 0.717) is 35.8 Å². The number of hydrogen-bond acceptors (Lipinski definition) is 5. The van der Waals surface area contributed by atoms with E-state index in [4.69, 9.17) is 15.2 Å². The van der Waals surface area contributed by atoms with E-state index in [2.05, 4.69) is 0 Å². The van der Waals surface area contributed by atoms with Crippen LogP contribution in [0.25, 0.3) is 0 Å². The molecule has 0 bridgehead atoms. The lowest BCUT2D eigenvalue weighted by Crippen LogP contribution is -2.49. The van der Waals surface area contributed by atoms with Crippen LogP contribution in [0.3, 0.4) is 0 Å². The van der Waals surface area contributed by atoms with Crippen molar-refractivity contribution in [3.63, 3.8) is 0 Å². The number of benzene rings is 2. The second kappa shape index (κ2) is 8.56. The molecule has 0 saturated heterocycles. The molecule has 0 saturated carbocycles. The quantitative estimate of drug-likeness (QED) is 0.585. The largest absolute Gasteiger partial charge is 0.494 e. The number of amides is 2. The van der Waals surface area contributed by atoms with Crippen LogP contribution in [0, 0.1) is 0 Å². The van der Waals surface area contributed by atoms with Crippen LogP contribution in [0.2, 0.25) is 0 Å². The third-order valence-corrected chi connectivity index (χ3v) is 4.46. The van der Waals surface area contributed by atoms with Crippen molar-refractivity contribution in [1.29, 1.82) is 0 Å². The van der Waals surface area contributed by atoms with Crippen molar-refractivity contribution >= 4 is 23.3 Å². The van der Waals surface area contributed by atoms with Crippen molar-refractivity contribution in [2.45, 2.75) is 25.9 Å². The summed E-state index contributed by atoms with van der Waals surface area (Å²) in [7, 11) is 0. The second-order valence-electron chi connectivity index (χ2n) is 6.51. The minimum absolute atomic E-state index is 0.00259. The summed E-state index contributed by atoms with van der Waals surface area (Å²) in [4.78, 5) is 37.0. The maximum absolute atomic E-state index is 12.7. The van der Waals surface area contributed by atoms with Crippen molar-refractivity contribution in [1.82, 2.24) is 0 Å². The molecule has 7 heteroatoms. The number of ketones is 1. The minimum atomic E-state index is -0.866. The van der Waals surface area contributed by atoms with Crippen molar-refractivity contribution in [2.24, 2.45) is 5.73 Å². The number of ether oxygens (including phenoxy) is 2. The molecule has 2 amide bonds. The molecule has 2 aromatic carbocycles. The van der Waals surface area contributed by atoms with Gasteiger partial charge in [0.25, 0.3) is 5.91 Å². The Kier molecular flexibility index (Phi) is 5.93.